The van der Waals surface area contributed by atoms with Crippen LogP contribution >= 0.6 is 0 Å². The zero-order valence-corrected chi connectivity index (χ0v) is 12.4. The third-order valence-electron chi connectivity index (χ3n) is 4.05. The first-order valence-corrected chi connectivity index (χ1v) is 7.58. The Balaban J connectivity index is 1.74. The van der Waals surface area contributed by atoms with Crippen LogP contribution in [0, 0.1) is 5.82 Å². The van der Waals surface area contributed by atoms with Gasteiger partial charge in [0.2, 0.25) is 0 Å². The van der Waals surface area contributed by atoms with Gasteiger partial charge < -0.3 is 15.3 Å². The maximum absolute atomic E-state index is 12.9. The Morgan fingerprint density at radius 3 is 3.00 bits per heavy atom. The number of amides is 1. The van der Waals surface area contributed by atoms with Gasteiger partial charge in [0, 0.05) is 25.2 Å². The molecule has 1 aromatic carbocycles. The molecule has 0 saturated carbocycles. The van der Waals surface area contributed by atoms with Gasteiger partial charge in [-0.1, -0.05) is 6.42 Å². The quantitative estimate of drug-likeness (QED) is 0.821. The molecule has 0 spiro atoms. The normalized spacial score (nSPS) is 19.4. The predicted octanol–water partition coefficient (Wildman–Crippen LogP) is 2.53. The van der Waals surface area contributed by atoms with Gasteiger partial charge in [-0.25, -0.2) is 4.39 Å². The summed E-state index contributed by atoms with van der Waals surface area (Å²) in [5.74, 6) is -1.24. The lowest BCUT2D eigenvalue weighted by Gasteiger charge is -2.33. The summed E-state index contributed by atoms with van der Waals surface area (Å²) in [5.41, 5.74) is 0.114. The van der Waals surface area contributed by atoms with E-state index in [2.05, 4.69) is 17.1 Å². The third kappa shape index (κ3) is 4.43. The van der Waals surface area contributed by atoms with Crippen LogP contribution in [0.25, 0.3) is 0 Å². The summed E-state index contributed by atoms with van der Waals surface area (Å²) < 4.78 is 12.9. The molecule has 0 bridgehead atoms. The minimum atomic E-state index is -0.553. The number of aromatic hydroxyl groups is 1. The van der Waals surface area contributed by atoms with E-state index in [0.717, 1.165) is 25.6 Å². The van der Waals surface area contributed by atoms with Crippen molar-refractivity contribution in [1.82, 2.24) is 10.2 Å². The van der Waals surface area contributed by atoms with Crippen LogP contribution in [-0.4, -0.2) is 41.6 Å². The molecule has 21 heavy (non-hydrogen) atoms. The molecule has 1 saturated heterocycles. The van der Waals surface area contributed by atoms with Crippen molar-refractivity contribution >= 4 is 5.91 Å². The SMILES string of the molecule is CC1CCCCN1CCCNC(=O)c1ccc(F)cc1O. The monoisotopic (exact) mass is 294 g/mol. The van der Waals surface area contributed by atoms with Crippen LogP contribution < -0.4 is 5.32 Å². The number of likely N-dealkylation sites (tertiary alicyclic amines) is 1. The molecule has 1 atom stereocenters. The molecule has 1 aliphatic rings. The first-order chi connectivity index (χ1) is 10.1. The molecule has 1 aromatic rings. The predicted molar refractivity (Wildman–Crippen MR) is 79.9 cm³/mol. The van der Waals surface area contributed by atoms with Crippen molar-refractivity contribution in [2.24, 2.45) is 0 Å². The number of hydrogen-bond acceptors (Lipinski definition) is 3. The molecular weight excluding hydrogens is 271 g/mol. The van der Waals surface area contributed by atoms with Crippen molar-refractivity contribution in [2.45, 2.75) is 38.6 Å². The van der Waals surface area contributed by atoms with E-state index in [4.69, 9.17) is 0 Å². The number of benzene rings is 1. The fourth-order valence-electron chi connectivity index (χ4n) is 2.77. The molecule has 116 valence electrons. The van der Waals surface area contributed by atoms with Gasteiger partial charge in [-0.05, 0) is 44.9 Å². The zero-order chi connectivity index (χ0) is 15.2. The summed E-state index contributed by atoms with van der Waals surface area (Å²) >= 11 is 0. The molecule has 5 heteroatoms. The second kappa shape index (κ2) is 7.41. The lowest BCUT2D eigenvalue weighted by molar-refractivity contribution is 0.0946. The molecule has 0 aromatic heterocycles. The number of carbonyl (C=O) groups excluding carboxylic acids is 1. The molecule has 1 aliphatic heterocycles. The van der Waals surface area contributed by atoms with Gasteiger partial charge in [0.1, 0.15) is 11.6 Å². The van der Waals surface area contributed by atoms with E-state index in [1.54, 1.807) is 0 Å². The molecule has 2 N–H and O–H groups in total. The maximum Gasteiger partial charge on any atom is 0.255 e. The number of hydrogen-bond donors (Lipinski definition) is 2. The highest BCUT2D eigenvalue weighted by molar-refractivity contribution is 5.96. The Morgan fingerprint density at radius 1 is 1.48 bits per heavy atom. The van der Waals surface area contributed by atoms with E-state index in [0.29, 0.717) is 12.6 Å². The van der Waals surface area contributed by atoms with Gasteiger partial charge in [-0.15, -0.1) is 0 Å². The Bertz CT molecular complexity index is 493. The first kappa shape index (κ1) is 15.8. The largest absolute Gasteiger partial charge is 0.507 e. The van der Waals surface area contributed by atoms with E-state index in [-0.39, 0.29) is 17.2 Å². The van der Waals surface area contributed by atoms with E-state index >= 15 is 0 Å². The van der Waals surface area contributed by atoms with Crippen LogP contribution in [-0.2, 0) is 0 Å². The summed E-state index contributed by atoms with van der Waals surface area (Å²) in [5, 5.41) is 12.3. The van der Waals surface area contributed by atoms with Gasteiger partial charge in [0.25, 0.3) is 5.91 Å². The number of halogens is 1. The van der Waals surface area contributed by atoms with Crippen molar-refractivity contribution in [3.8, 4) is 5.75 Å². The average Bonchev–Trinajstić information content (AvgIpc) is 2.45. The minimum absolute atomic E-state index is 0.114. The third-order valence-corrected chi connectivity index (χ3v) is 4.05. The van der Waals surface area contributed by atoms with E-state index in [1.165, 1.54) is 31.4 Å². The summed E-state index contributed by atoms with van der Waals surface area (Å²) in [7, 11) is 0. The highest BCUT2D eigenvalue weighted by atomic mass is 19.1. The van der Waals surface area contributed by atoms with Crippen LogP contribution in [0.2, 0.25) is 0 Å². The van der Waals surface area contributed by atoms with Crippen LogP contribution in [0.4, 0.5) is 4.39 Å². The number of piperidine rings is 1. The standard InChI is InChI=1S/C16H23FN2O2/c1-12-5-2-3-9-19(12)10-4-8-18-16(21)14-7-6-13(17)11-15(14)20/h6-7,11-12,20H,2-5,8-10H2,1H3,(H,18,21). The fourth-order valence-corrected chi connectivity index (χ4v) is 2.77. The molecule has 0 aliphatic carbocycles. The van der Waals surface area contributed by atoms with Crippen LogP contribution in [0.3, 0.4) is 0 Å². The summed E-state index contributed by atoms with van der Waals surface area (Å²) in [6.45, 7) is 4.90. The zero-order valence-electron chi connectivity index (χ0n) is 12.4. The Labute approximate surface area is 125 Å². The van der Waals surface area contributed by atoms with Crippen molar-refractivity contribution in [3.63, 3.8) is 0 Å². The molecule has 1 amide bonds. The van der Waals surface area contributed by atoms with Gasteiger partial charge in [-0.2, -0.15) is 0 Å². The molecule has 2 rings (SSSR count). The second-order valence-electron chi connectivity index (χ2n) is 5.65. The Morgan fingerprint density at radius 2 is 2.29 bits per heavy atom. The highest BCUT2D eigenvalue weighted by Crippen LogP contribution is 2.18. The average molecular weight is 294 g/mol. The highest BCUT2D eigenvalue weighted by Gasteiger charge is 2.17. The molecule has 1 heterocycles. The summed E-state index contributed by atoms with van der Waals surface area (Å²) in [6.07, 6.45) is 4.67. The van der Waals surface area contributed by atoms with E-state index in [1.807, 2.05) is 0 Å². The van der Waals surface area contributed by atoms with Gasteiger partial charge in [0.15, 0.2) is 0 Å². The summed E-state index contributed by atoms with van der Waals surface area (Å²) in [6, 6.07) is 4.04. The topological polar surface area (TPSA) is 52.6 Å². The second-order valence-corrected chi connectivity index (χ2v) is 5.65. The molecular formula is C16H23FN2O2. The number of carbonyl (C=O) groups is 1. The van der Waals surface area contributed by atoms with E-state index in [9.17, 15) is 14.3 Å². The summed E-state index contributed by atoms with van der Waals surface area (Å²) in [4.78, 5) is 14.3. The van der Waals surface area contributed by atoms with Gasteiger partial charge in [-0.3, -0.25) is 4.79 Å². The van der Waals surface area contributed by atoms with Crippen molar-refractivity contribution < 1.29 is 14.3 Å². The molecule has 1 fully saturated rings. The Kier molecular flexibility index (Phi) is 5.56. The molecule has 4 nitrogen and oxygen atoms in total. The number of phenolic OH excluding ortho intramolecular Hbond substituents is 1. The smallest absolute Gasteiger partial charge is 0.255 e. The lowest BCUT2D eigenvalue weighted by Crippen LogP contribution is -2.39. The fraction of sp³-hybridized carbons (Fsp3) is 0.562. The lowest BCUT2D eigenvalue weighted by atomic mass is 10.0. The molecule has 0 radical (unpaired) electrons. The van der Waals surface area contributed by atoms with Crippen molar-refractivity contribution in [3.05, 3.63) is 29.6 Å². The van der Waals surface area contributed by atoms with Gasteiger partial charge >= 0.3 is 0 Å². The maximum atomic E-state index is 12.9. The van der Waals surface area contributed by atoms with Gasteiger partial charge in [0.05, 0.1) is 5.56 Å². The van der Waals surface area contributed by atoms with Crippen LogP contribution in [0.5, 0.6) is 5.75 Å². The number of rotatable bonds is 5. The number of nitrogens with one attached hydrogen (secondary N) is 1. The van der Waals surface area contributed by atoms with Crippen molar-refractivity contribution in [2.75, 3.05) is 19.6 Å². The number of phenols is 1. The van der Waals surface area contributed by atoms with Crippen LogP contribution in [0.15, 0.2) is 18.2 Å². The molecule has 1 unspecified atom stereocenters. The first-order valence-electron chi connectivity index (χ1n) is 7.58. The Hall–Kier alpha value is -1.62. The number of nitrogens with zero attached hydrogens (tertiary/aromatic N) is 1. The van der Waals surface area contributed by atoms with E-state index < -0.39 is 5.82 Å². The minimum Gasteiger partial charge on any atom is -0.507 e. The van der Waals surface area contributed by atoms with Crippen LogP contribution in [0.1, 0.15) is 43.0 Å². The van der Waals surface area contributed by atoms with Crippen molar-refractivity contribution in [1.29, 1.82) is 0 Å².